The lowest BCUT2D eigenvalue weighted by molar-refractivity contribution is -0.142. The van der Waals surface area contributed by atoms with Crippen molar-refractivity contribution in [1.82, 2.24) is 16.0 Å². The predicted octanol–water partition coefficient (Wildman–Crippen LogP) is -1.51. The largest absolute Gasteiger partial charge is 0.508 e. The highest BCUT2D eigenvalue weighted by Crippen LogP contribution is 2.13. The van der Waals surface area contributed by atoms with Crippen molar-refractivity contribution >= 4 is 29.6 Å². The number of carbonyl (C=O) groups excluding carboxylic acids is 4. The van der Waals surface area contributed by atoms with E-state index in [1.54, 1.807) is 13.8 Å². The topological polar surface area (TPSA) is 234 Å². The van der Waals surface area contributed by atoms with E-state index in [0.717, 1.165) is 0 Å². The summed E-state index contributed by atoms with van der Waals surface area (Å²) in [5, 5.41) is 35.9. The standard InChI is InChI=1S/C24H37N5O8/c1-4-12(2)20(29-22(34)19(26)13(3)30)23(35)27-16(9-10-18(25)32)21(33)28-17(24(36)37)11-14-5-7-15(31)8-6-14/h5-8,12-13,16-17,19-20,30-31H,4,9-11,26H2,1-3H3,(H2,25,32)(H,27,35)(H,28,33)(H,29,34)(H,36,37). The van der Waals surface area contributed by atoms with E-state index in [0.29, 0.717) is 12.0 Å². The number of phenolic OH excluding ortho intramolecular Hbond substituents is 1. The number of hydrogen-bond acceptors (Lipinski definition) is 8. The fourth-order valence-electron chi connectivity index (χ4n) is 3.33. The average Bonchev–Trinajstić information content (AvgIpc) is 2.84. The van der Waals surface area contributed by atoms with Gasteiger partial charge in [-0.2, -0.15) is 0 Å². The van der Waals surface area contributed by atoms with Gasteiger partial charge >= 0.3 is 5.97 Å². The molecule has 0 aliphatic heterocycles. The zero-order valence-electron chi connectivity index (χ0n) is 21.1. The first kappa shape index (κ1) is 31.3. The van der Waals surface area contributed by atoms with Crippen LogP contribution in [0.4, 0.5) is 0 Å². The number of primary amides is 1. The molecule has 0 bridgehead atoms. The number of benzene rings is 1. The van der Waals surface area contributed by atoms with Crippen LogP contribution in [0.1, 0.15) is 45.6 Å². The second kappa shape index (κ2) is 14.8. The van der Waals surface area contributed by atoms with Crippen molar-refractivity contribution in [2.75, 3.05) is 0 Å². The monoisotopic (exact) mass is 523 g/mol. The molecule has 1 aromatic carbocycles. The number of aliphatic hydroxyl groups excluding tert-OH is 1. The first-order valence-corrected chi connectivity index (χ1v) is 11.9. The van der Waals surface area contributed by atoms with Gasteiger partial charge in [0.25, 0.3) is 0 Å². The first-order valence-electron chi connectivity index (χ1n) is 11.9. The minimum absolute atomic E-state index is 0.00811. The maximum absolute atomic E-state index is 13.1. The third-order valence-corrected chi connectivity index (χ3v) is 5.92. The Hall–Kier alpha value is -3.71. The minimum Gasteiger partial charge on any atom is -0.508 e. The van der Waals surface area contributed by atoms with Crippen molar-refractivity contribution in [2.45, 2.75) is 76.7 Å². The molecular formula is C24H37N5O8. The molecule has 0 saturated heterocycles. The summed E-state index contributed by atoms with van der Waals surface area (Å²) < 4.78 is 0. The summed E-state index contributed by atoms with van der Waals surface area (Å²) in [6.07, 6.45) is -1.31. The lowest BCUT2D eigenvalue weighted by Crippen LogP contribution is -2.59. The maximum Gasteiger partial charge on any atom is 0.326 e. The molecule has 13 heteroatoms. The normalized spacial score (nSPS) is 15.8. The summed E-state index contributed by atoms with van der Waals surface area (Å²) in [4.78, 5) is 61.6. The van der Waals surface area contributed by atoms with Crippen molar-refractivity contribution in [3.63, 3.8) is 0 Å². The van der Waals surface area contributed by atoms with Gasteiger partial charge in [-0.05, 0) is 37.0 Å². The van der Waals surface area contributed by atoms with E-state index >= 15 is 0 Å². The van der Waals surface area contributed by atoms with Gasteiger partial charge in [0.2, 0.25) is 23.6 Å². The molecule has 0 fully saturated rings. The molecule has 0 saturated carbocycles. The lowest BCUT2D eigenvalue weighted by atomic mass is 9.96. The van der Waals surface area contributed by atoms with Crippen molar-refractivity contribution in [2.24, 2.45) is 17.4 Å². The number of nitrogens with two attached hydrogens (primary N) is 2. The van der Waals surface area contributed by atoms with Gasteiger partial charge in [-0.1, -0.05) is 32.4 Å². The summed E-state index contributed by atoms with van der Waals surface area (Å²) in [5.74, 6) is -4.86. The number of carboxylic acids is 1. The fourth-order valence-corrected chi connectivity index (χ4v) is 3.33. The van der Waals surface area contributed by atoms with E-state index in [1.165, 1.54) is 31.2 Å². The number of nitrogens with one attached hydrogen (secondary N) is 3. The number of hydrogen-bond donors (Lipinski definition) is 8. The van der Waals surface area contributed by atoms with Gasteiger partial charge in [-0.25, -0.2) is 4.79 Å². The Morgan fingerprint density at radius 1 is 0.919 bits per heavy atom. The van der Waals surface area contributed by atoms with Gasteiger partial charge in [0.15, 0.2) is 0 Å². The van der Waals surface area contributed by atoms with Crippen LogP contribution in [-0.2, 0) is 30.4 Å². The third-order valence-electron chi connectivity index (χ3n) is 5.92. The summed E-state index contributed by atoms with van der Waals surface area (Å²) in [6, 6.07) is 0.623. The van der Waals surface area contributed by atoms with E-state index in [-0.39, 0.29) is 25.0 Å². The molecule has 37 heavy (non-hydrogen) atoms. The van der Waals surface area contributed by atoms with Crippen LogP contribution in [0.15, 0.2) is 24.3 Å². The highest BCUT2D eigenvalue weighted by molar-refractivity contribution is 5.94. The predicted molar refractivity (Wildman–Crippen MR) is 133 cm³/mol. The van der Waals surface area contributed by atoms with E-state index in [1.807, 2.05) is 0 Å². The Morgan fingerprint density at radius 2 is 1.49 bits per heavy atom. The van der Waals surface area contributed by atoms with Crippen LogP contribution in [0.25, 0.3) is 0 Å². The third kappa shape index (κ3) is 10.4. The Balaban J connectivity index is 3.08. The van der Waals surface area contributed by atoms with Crippen molar-refractivity contribution in [3.8, 4) is 5.75 Å². The zero-order chi connectivity index (χ0) is 28.3. The van der Waals surface area contributed by atoms with Gasteiger partial charge in [-0.3, -0.25) is 19.2 Å². The fraction of sp³-hybridized carbons (Fsp3) is 0.542. The second-order valence-corrected chi connectivity index (χ2v) is 8.97. The number of aliphatic hydroxyl groups is 1. The molecule has 206 valence electrons. The molecule has 0 radical (unpaired) electrons. The molecule has 4 amide bonds. The van der Waals surface area contributed by atoms with E-state index in [9.17, 15) is 39.3 Å². The summed E-state index contributed by atoms with van der Waals surface area (Å²) in [6.45, 7) is 4.79. The number of amides is 4. The SMILES string of the molecule is CCC(C)C(NC(=O)C(N)C(C)O)C(=O)NC(CCC(N)=O)C(=O)NC(Cc1ccc(O)cc1)C(=O)O. The molecule has 13 nitrogen and oxygen atoms in total. The first-order chi connectivity index (χ1) is 17.3. The van der Waals surface area contributed by atoms with Gasteiger partial charge in [0, 0.05) is 12.8 Å². The Morgan fingerprint density at radius 3 is 1.97 bits per heavy atom. The maximum atomic E-state index is 13.1. The second-order valence-electron chi connectivity index (χ2n) is 8.97. The van der Waals surface area contributed by atoms with Crippen LogP contribution < -0.4 is 27.4 Å². The summed E-state index contributed by atoms with van der Waals surface area (Å²) in [7, 11) is 0. The van der Waals surface area contributed by atoms with Gasteiger partial charge in [0.05, 0.1) is 6.10 Å². The quantitative estimate of drug-likeness (QED) is 0.133. The van der Waals surface area contributed by atoms with Crippen LogP contribution in [0.2, 0.25) is 0 Å². The molecule has 6 unspecified atom stereocenters. The van der Waals surface area contributed by atoms with Crippen LogP contribution >= 0.6 is 0 Å². The summed E-state index contributed by atoms with van der Waals surface area (Å²) >= 11 is 0. The van der Waals surface area contributed by atoms with Crippen LogP contribution in [-0.4, -0.2) is 75.2 Å². The molecule has 0 heterocycles. The zero-order valence-corrected chi connectivity index (χ0v) is 21.1. The lowest BCUT2D eigenvalue weighted by Gasteiger charge is -2.28. The molecule has 0 aliphatic rings. The molecule has 1 rings (SSSR count). The average molecular weight is 524 g/mol. The number of carboxylic acid groups (broad SMARTS) is 1. The molecule has 0 spiro atoms. The Kier molecular flexibility index (Phi) is 12.5. The molecular weight excluding hydrogens is 486 g/mol. The molecule has 6 atom stereocenters. The smallest absolute Gasteiger partial charge is 0.326 e. The number of rotatable bonds is 15. The van der Waals surface area contributed by atoms with Crippen molar-refractivity contribution < 1.29 is 39.3 Å². The molecule has 1 aromatic rings. The van der Waals surface area contributed by atoms with Crippen LogP contribution in [0.3, 0.4) is 0 Å². The number of phenols is 1. The highest BCUT2D eigenvalue weighted by Gasteiger charge is 2.33. The van der Waals surface area contributed by atoms with Crippen molar-refractivity contribution in [1.29, 1.82) is 0 Å². The molecule has 10 N–H and O–H groups in total. The number of aromatic hydroxyl groups is 1. The summed E-state index contributed by atoms with van der Waals surface area (Å²) in [5.41, 5.74) is 11.4. The number of aliphatic carboxylic acids is 1. The Bertz CT molecular complexity index is 953. The van der Waals surface area contributed by atoms with Gasteiger partial charge in [-0.15, -0.1) is 0 Å². The van der Waals surface area contributed by atoms with Gasteiger partial charge in [0.1, 0.15) is 29.9 Å². The molecule has 0 aliphatic carbocycles. The van der Waals surface area contributed by atoms with Crippen molar-refractivity contribution in [3.05, 3.63) is 29.8 Å². The van der Waals surface area contributed by atoms with E-state index in [2.05, 4.69) is 16.0 Å². The van der Waals surface area contributed by atoms with Crippen LogP contribution in [0.5, 0.6) is 5.75 Å². The van der Waals surface area contributed by atoms with E-state index in [4.69, 9.17) is 11.5 Å². The minimum atomic E-state index is -1.38. The van der Waals surface area contributed by atoms with E-state index < -0.39 is 65.8 Å². The van der Waals surface area contributed by atoms with Crippen LogP contribution in [0, 0.1) is 5.92 Å². The highest BCUT2D eigenvalue weighted by atomic mass is 16.4. The van der Waals surface area contributed by atoms with Gasteiger partial charge < -0.3 is 42.7 Å². The Labute approximate surface area is 215 Å². The number of carbonyl (C=O) groups is 5. The molecule has 0 aromatic heterocycles.